The smallest absolute Gasteiger partial charge is 0.251 e. The number of hydrogen-bond donors (Lipinski definition) is 3. The van der Waals surface area contributed by atoms with Gasteiger partial charge in [-0.05, 0) is 59.7 Å². The van der Waals surface area contributed by atoms with Crippen LogP contribution in [0, 0.1) is 6.92 Å². The van der Waals surface area contributed by atoms with Crippen molar-refractivity contribution in [3.8, 4) is 5.75 Å². The van der Waals surface area contributed by atoms with Crippen molar-refractivity contribution in [3.05, 3.63) is 108 Å². The van der Waals surface area contributed by atoms with E-state index in [0.29, 0.717) is 18.7 Å². The second kappa shape index (κ2) is 11.9. The Morgan fingerprint density at radius 2 is 1.58 bits per heavy atom. The maximum atomic E-state index is 13.3. The summed E-state index contributed by atoms with van der Waals surface area (Å²) in [5, 5.41) is 11.4. The van der Waals surface area contributed by atoms with E-state index in [-0.39, 0.29) is 18.4 Å². The Balaban J connectivity index is 1.43. The molecule has 4 aromatic rings. The van der Waals surface area contributed by atoms with Gasteiger partial charge in [-0.1, -0.05) is 60.2 Å². The van der Waals surface area contributed by atoms with E-state index in [1.807, 2.05) is 91.9 Å². The number of ether oxygens (including phenoxy) is 1. The zero-order chi connectivity index (χ0) is 25.3. The standard InChI is InChI=1S/C30H31N3O3/c1-21-6-5-9-25(18-21)29(34)33-20-28(24-11-10-22-7-3-4-8-23(22)19-24)30(35)32-17-16-31-26-12-14-27(36-2)15-13-26/h3-15,18-19,28,31H,16-17,20H2,1-2H3,(H,32,35)(H,33,34). The minimum absolute atomic E-state index is 0.133. The van der Waals surface area contributed by atoms with Crippen molar-refractivity contribution in [2.45, 2.75) is 12.8 Å². The topological polar surface area (TPSA) is 79.5 Å². The molecule has 0 aliphatic carbocycles. The van der Waals surface area contributed by atoms with Gasteiger partial charge in [0.2, 0.25) is 5.91 Å². The highest BCUT2D eigenvalue weighted by atomic mass is 16.5. The Morgan fingerprint density at radius 3 is 2.33 bits per heavy atom. The zero-order valence-corrected chi connectivity index (χ0v) is 20.6. The highest BCUT2D eigenvalue weighted by Gasteiger charge is 2.22. The molecule has 1 unspecified atom stereocenters. The first kappa shape index (κ1) is 24.8. The number of nitrogens with one attached hydrogen (secondary N) is 3. The number of hydrogen-bond acceptors (Lipinski definition) is 4. The fourth-order valence-electron chi connectivity index (χ4n) is 4.09. The highest BCUT2D eigenvalue weighted by molar-refractivity contribution is 5.95. The number of methoxy groups -OCH3 is 1. The van der Waals surface area contributed by atoms with Crippen LogP contribution in [0.25, 0.3) is 10.8 Å². The van der Waals surface area contributed by atoms with Crippen molar-refractivity contribution >= 4 is 28.3 Å². The van der Waals surface area contributed by atoms with Gasteiger partial charge in [0.15, 0.2) is 0 Å². The predicted octanol–water partition coefficient (Wildman–Crippen LogP) is 4.90. The summed E-state index contributed by atoms with van der Waals surface area (Å²) in [7, 11) is 1.63. The Bertz CT molecular complexity index is 1330. The summed E-state index contributed by atoms with van der Waals surface area (Å²) < 4.78 is 5.18. The normalized spacial score (nSPS) is 11.5. The van der Waals surface area contributed by atoms with Gasteiger partial charge >= 0.3 is 0 Å². The minimum Gasteiger partial charge on any atom is -0.497 e. The molecule has 6 nitrogen and oxygen atoms in total. The van der Waals surface area contributed by atoms with E-state index in [2.05, 4.69) is 16.0 Å². The van der Waals surface area contributed by atoms with Crippen molar-refractivity contribution in [3.63, 3.8) is 0 Å². The summed E-state index contributed by atoms with van der Waals surface area (Å²) in [6.07, 6.45) is 0. The van der Waals surface area contributed by atoms with Crippen molar-refractivity contribution in [1.29, 1.82) is 0 Å². The Labute approximate surface area is 211 Å². The molecular formula is C30H31N3O3. The second-order valence-corrected chi connectivity index (χ2v) is 8.68. The molecule has 184 valence electrons. The first-order valence-electron chi connectivity index (χ1n) is 12.0. The lowest BCUT2D eigenvalue weighted by Gasteiger charge is -2.19. The van der Waals surface area contributed by atoms with E-state index in [0.717, 1.165) is 33.3 Å². The zero-order valence-electron chi connectivity index (χ0n) is 20.6. The van der Waals surface area contributed by atoms with Gasteiger partial charge in [0.25, 0.3) is 5.91 Å². The number of anilines is 1. The van der Waals surface area contributed by atoms with Crippen molar-refractivity contribution in [2.24, 2.45) is 0 Å². The first-order chi connectivity index (χ1) is 17.5. The second-order valence-electron chi connectivity index (χ2n) is 8.68. The van der Waals surface area contributed by atoms with Crippen LogP contribution in [0.1, 0.15) is 27.4 Å². The van der Waals surface area contributed by atoms with Crippen molar-refractivity contribution < 1.29 is 14.3 Å². The molecule has 0 bridgehead atoms. The van der Waals surface area contributed by atoms with Crippen LogP contribution in [-0.4, -0.2) is 38.6 Å². The Hall–Kier alpha value is -4.32. The molecule has 0 spiro atoms. The summed E-state index contributed by atoms with van der Waals surface area (Å²) in [5.41, 5.74) is 3.40. The molecule has 0 aliphatic heterocycles. The molecule has 0 aromatic heterocycles. The van der Waals surface area contributed by atoms with Gasteiger partial charge < -0.3 is 20.7 Å². The van der Waals surface area contributed by atoms with E-state index >= 15 is 0 Å². The van der Waals surface area contributed by atoms with Gasteiger partial charge in [-0.15, -0.1) is 0 Å². The van der Waals surface area contributed by atoms with E-state index in [9.17, 15) is 9.59 Å². The molecule has 3 N–H and O–H groups in total. The van der Waals surface area contributed by atoms with E-state index in [1.54, 1.807) is 13.2 Å². The number of aryl methyl sites for hydroxylation is 1. The third kappa shape index (κ3) is 6.42. The average molecular weight is 482 g/mol. The van der Waals surface area contributed by atoms with Crippen molar-refractivity contribution in [1.82, 2.24) is 10.6 Å². The summed E-state index contributed by atoms with van der Waals surface area (Å²) in [6, 6.07) is 29.1. The summed E-state index contributed by atoms with van der Waals surface area (Å²) in [4.78, 5) is 26.0. The lowest BCUT2D eigenvalue weighted by atomic mass is 9.95. The van der Waals surface area contributed by atoms with Gasteiger partial charge in [-0.25, -0.2) is 0 Å². The molecule has 4 rings (SSSR count). The van der Waals surface area contributed by atoms with Gasteiger partial charge in [0.1, 0.15) is 5.75 Å². The molecule has 0 saturated carbocycles. The monoisotopic (exact) mass is 481 g/mol. The van der Waals surface area contributed by atoms with Gasteiger partial charge in [-0.2, -0.15) is 0 Å². The number of carbonyl (C=O) groups is 2. The van der Waals surface area contributed by atoms with Crippen LogP contribution in [0.5, 0.6) is 5.75 Å². The number of carbonyl (C=O) groups excluding carboxylic acids is 2. The number of fused-ring (bicyclic) bond motifs is 1. The van der Waals surface area contributed by atoms with Crippen LogP contribution in [-0.2, 0) is 4.79 Å². The molecule has 0 saturated heterocycles. The number of amides is 2. The maximum Gasteiger partial charge on any atom is 0.251 e. The summed E-state index contributed by atoms with van der Waals surface area (Å²) in [5.74, 6) is -0.0612. The third-order valence-electron chi connectivity index (χ3n) is 6.08. The number of rotatable bonds is 10. The van der Waals surface area contributed by atoms with Crippen LogP contribution in [0.2, 0.25) is 0 Å². The molecule has 36 heavy (non-hydrogen) atoms. The third-order valence-corrected chi connectivity index (χ3v) is 6.08. The summed E-state index contributed by atoms with van der Waals surface area (Å²) >= 11 is 0. The Morgan fingerprint density at radius 1 is 0.806 bits per heavy atom. The highest BCUT2D eigenvalue weighted by Crippen LogP contribution is 2.22. The Kier molecular flexibility index (Phi) is 8.19. The molecule has 0 fully saturated rings. The molecular weight excluding hydrogens is 450 g/mol. The molecule has 2 amide bonds. The molecule has 6 heteroatoms. The quantitative estimate of drug-likeness (QED) is 0.282. The van der Waals surface area contributed by atoms with E-state index in [4.69, 9.17) is 4.74 Å². The van der Waals surface area contributed by atoms with E-state index < -0.39 is 5.92 Å². The fourth-order valence-corrected chi connectivity index (χ4v) is 4.09. The van der Waals surface area contributed by atoms with Gasteiger partial charge in [0, 0.05) is 30.9 Å². The largest absolute Gasteiger partial charge is 0.497 e. The first-order valence-corrected chi connectivity index (χ1v) is 12.0. The van der Waals surface area contributed by atoms with Crippen LogP contribution in [0.3, 0.4) is 0 Å². The molecule has 4 aromatic carbocycles. The van der Waals surface area contributed by atoms with Crippen LogP contribution < -0.4 is 20.7 Å². The van der Waals surface area contributed by atoms with Gasteiger partial charge in [-0.3, -0.25) is 9.59 Å². The average Bonchev–Trinajstić information content (AvgIpc) is 2.91. The van der Waals surface area contributed by atoms with Crippen LogP contribution >= 0.6 is 0 Å². The lowest BCUT2D eigenvalue weighted by molar-refractivity contribution is -0.122. The number of benzene rings is 4. The lowest BCUT2D eigenvalue weighted by Crippen LogP contribution is -2.39. The van der Waals surface area contributed by atoms with Crippen molar-refractivity contribution in [2.75, 3.05) is 32.1 Å². The molecule has 0 heterocycles. The van der Waals surface area contributed by atoms with Crippen LogP contribution in [0.4, 0.5) is 5.69 Å². The fraction of sp³-hybridized carbons (Fsp3) is 0.200. The van der Waals surface area contributed by atoms with Crippen LogP contribution in [0.15, 0.2) is 91.0 Å². The molecule has 1 atom stereocenters. The predicted molar refractivity (Wildman–Crippen MR) is 145 cm³/mol. The summed E-state index contributed by atoms with van der Waals surface area (Å²) in [6.45, 7) is 3.16. The van der Waals surface area contributed by atoms with Gasteiger partial charge in [0.05, 0.1) is 13.0 Å². The minimum atomic E-state index is -0.524. The van der Waals surface area contributed by atoms with E-state index in [1.165, 1.54) is 0 Å². The molecule has 0 aliphatic rings. The SMILES string of the molecule is COc1ccc(NCCNC(=O)C(CNC(=O)c2cccc(C)c2)c2ccc3ccccc3c2)cc1. The molecule has 0 radical (unpaired) electrons. The maximum absolute atomic E-state index is 13.3.